The SMILES string of the molecule is CCCCC#[C][Sn]([C]#CCCCC)([C]#CCCCC)[CH2]CCC. The predicted molar refractivity (Wildman–Crippen MR) is 107 cm³/mol. The fourth-order valence-corrected chi connectivity index (χ4v) is 9.94. The van der Waals surface area contributed by atoms with Crippen molar-refractivity contribution in [2.75, 3.05) is 0 Å². The van der Waals surface area contributed by atoms with Crippen molar-refractivity contribution in [2.45, 2.75) is 103 Å². The molecule has 0 rings (SSSR count). The van der Waals surface area contributed by atoms with Crippen molar-refractivity contribution in [2.24, 2.45) is 0 Å². The fourth-order valence-electron chi connectivity index (χ4n) is 2.16. The van der Waals surface area contributed by atoms with Gasteiger partial charge in [0.2, 0.25) is 0 Å². The molecule has 0 aromatic rings. The van der Waals surface area contributed by atoms with E-state index in [9.17, 15) is 0 Å². The van der Waals surface area contributed by atoms with E-state index in [0.717, 1.165) is 19.3 Å². The Hall–Kier alpha value is -0.521. The molecule has 0 spiro atoms. The van der Waals surface area contributed by atoms with E-state index in [1.54, 1.807) is 0 Å². The van der Waals surface area contributed by atoms with Gasteiger partial charge < -0.3 is 0 Å². The Morgan fingerprint density at radius 2 is 0.870 bits per heavy atom. The summed E-state index contributed by atoms with van der Waals surface area (Å²) in [6.45, 7) is 8.94. The van der Waals surface area contributed by atoms with Crippen molar-refractivity contribution in [3.05, 3.63) is 0 Å². The summed E-state index contributed by atoms with van der Waals surface area (Å²) < 4.78 is 12.2. The first-order valence-corrected chi connectivity index (χ1v) is 16.0. The summed E-state index contributed by atoms with van der Waals surface area (Å²) in [5, 5.41) is 0. The van der Waals surface area contributed by atoms with Crippen LogP contribution in [-0.2, 0) is 0 Å². The van der Waals surface area contributed by atoms with Gasteiger partial charge in [-0.05, 0) is 0 Å². The first-order valence-electron chi connectivity index (χ1n) is 9.74. The van der Waals surface area contributed by atoms with Crippen molar-refractivity contribution >= 4 is 18.4 Å². The molecule has 0 atom stereocenters. The van der Waals surface area contributed by atoms with E-state index in [-0.39, 0.29) is 0 Å². The van der Waals surface area contributed by atoms with Gasteiger partial charge in [0.25, 0.3) is 0 Å². The van der Waals surface area contributed by atoms with Gasteiger partial charge in [-0.25, -0.2) is 0 Å². The Morgan fingerprint density at radius 3 is 1.17 bits per heavy atom. The fraction of sp³-hybridized carbons (Fsp3) is 0.727. The summed E-state index contributed by atoms with van der Waals surface area (Å²) >= 11 is -2.90. The quantitative estimate of drug-likeness (QED) is 0.229. The summed E-state index contributed by atoms with van der Waals surface area (Å²) in [7, 11) is 0. The summed E-state index contributed by atoms with van der Waals surface area (Å²) in [6.07, 6.45) is 12.8. The number of hydrogen-bond acceptors (Lipinski definition) is 0. The van der Waals surface area contributed by atoms with Crippen LogP contribution in [0.25, 0.3) is 0 Å². The molecule has 0 aliphatic carbocycles. The van der Waals surface area contributed by atoms with Gasteiger partial charge in [0.05, 0.1) is 0 Å². The third kappa shape index (κ3) is 12.6. The van der Waals surface area contributed by atoms with E-state index in [1.807, 2.05) is 0 Å². The van der Waals surface area contributed by atoms with Gasteiger partial charge in [-0.2, -0.15) is 0 Å². The Kier molecular flexibility index (Phi) is 16.0. The van der Waals surface area contributed by atoms with Crippen LogP contribution in [0.4, 0.5) is 0 Å². The summed E-state index contributed by atoms with van der Waals surface area (Å²) in [6, 6.07) is 0. The van der Waals surface area contributed by atoms with Gasteiger partial charge in [-0.3, -0.25) is 0 Å². The second-order valence-corrected chi connectivity index (χ2v) is 15.0. The van der Waals surface area contributed by atoms with Gasteiger partial charge >= 0.3 is 151 Å². The molecule has 0 saturated heterocycles. The van der Waals surface area contributed by atoms with Gasteiger partial charge in [0.15, 0.2) is 0 Å². The zero-order chi connectivity index (χ0) is 17.2. The number of hydrogen-bond donors (Lipinski definition) is 0. The van der Waals surface area contributed by atoms with E-state index >= 15 is 0 Å². The van der Waals surface area contributed by atoms with Crippen LogP contribution in [-0.4, -0.2) is 18.4 Å². The molecular formula is C22H36Sn. The molecule has 0 radical (unpaired) electrons. The molecular weight excluding hydrogens is 383 g/mol. The first-order chi connectivity index (χ1) is 11.2. The molecule has 0 aliphatic rings. The third-order valence-electron chi connectivity index (χ3n) is 3.78. The third-order valence-corrected chi connectivity index (χ3v) is 12.1. The van der Waals surface area contributed by atoms with E-state index in [2.05, 4.69) is 57.3 Å². The van der Waals surface area contributed by atoms with Gasteiger partial charge in [0.1, 0.15) is 0 Å². The Morgan fingerprint density at radius 1 is 0.522 bits per heavy atom. The van der Waals surface area contributed by atoms with Crippen LogP contribution in [0.15, 0.2) is 0 Å². The van der Waals surface area contributed by atoms with Gasteiger partial charge in [-0.1, -0.05) is 0 Å². The molecule has 0 N–H and O–H groups in total. The van der Waals surface area contributed by atoms with Crippen LogP contribution in [0.5, 0.6) is 0 Å². The molecule has 0 amide bonds. The van der Waals surface area contributed by atoms with Crippen LogP contribution < -0.4 is 0 Å². The molecule has 0 saturated carbocycles. The second-order valence-electron chi connectivity index (χ2n) is 6.22. The van der Waals surface area contributed by atoms with E-state index < -0.39 is 18.4 Å². The number of rotatable bonds is 9. The molecule has 0 aromatic carbocycles. The first kappa shape index (κ1) is 22.5. The molecule has 128 valence electrons. The van der Waals surface area contributed by atoms with E-state index in [1.165, 1.54) is 55.8 Å². The zero-order valence-electron chi connectivity index (χ0n) is 16.0. The van der Waals surface area contributed by atoms with Gasteiger partial charge in [0, 0.05) is 0 Å². The summed E-state index contributed by atoms with van der Waals surface area (Å²) in [4.78, 5) is 0. The second kappa shape index (κ2) is 16.3. The zero-order valence-corrected chi connectivity index (χ0v) is 18.8. The van der Waals surface area contributed by atoms with Crippen LogP contribution in [0.3, 0.4) is 0 Å². The van der Waals surface area contributed by atoms with Gasteiger partial charge in [-0.15, -0.1) is 0 Å². The monoisotopic (exact) mass is 420 g/mol. The molecule has 0 unspecified atom stereocenters. The maximum atomic E-state index is 3.67. The number of unbranched alkanes of at least 4 members (excludes halogenated alkanes) is 7. The molecule has 0 fully saturated rings. The van der Waals surface area contributed by atoms with Crippen molar-refractivity contribution in [1.82, 2.24) is 0 Å². The van der Waals surface area contributed by atoms with E-state index in [0.29, 0.717) is 0 Å². The molecule has 0 heterocycles. The molecule has 23 heavy (non-hydrogen) atoms. The van der Waals surface area contributed by atoms with Crippen molar-refractivity contribution in [1.29, 1.82) is 0 Å². The molecule has 1 heteroatoms. The Balaban J connectivity index is 5.24. The van der Waals surface area contributed by atoms with Crippen molar-refractivity contribution in [3.63, 3.8) is 0 Å². The standard InChI is InChI=1S/3C6H9.C4H9.Sn/c3*1-3-5-6-4-2;1-3-4-2;/h3*3,5-6H2,1H3;1,3-4H2,2H3;. The molecule has 0 bridgehead atoms. The molecule has 0 nitrogen and oxygen atoms in total. The maximum absolute atomic E-state index is 3.67. The van der Waals surface area contributed by atoms with Crippen LogP contribution >= 0.6 is 0 Å². The summed E-state index contributed by atoms with van der Waals surface area (Å²) in [5.41, 5.74) is 0. The minimum atomic E-state index is -2.90. The van der Waals surface area contributed by atoms with E-state index in [4.69, 9.17) is 0 Å². The topological polar surface area (TPSA) is 0 Å². The Bertz CT molecular complexity index is 391. The molecule has 0 aromatic heterocycles. The Labute approximate surface area is 150 Å². The summed E-state index contributed by atoms with van der Waals surface area (Å²) in [5.74, 6) is 10.4. The average molecular weight is 419 g/mol. The van der Waals surface area contributed by atoms with Crippen molar-refractivity contribution in [3.8, 4) is 29.6 Å². The molecule has 0 aliphatic heterocycles. The predicted octanol–water partition coefficient (Wildman–Crippen LogP) is 6.43. The normalized spacial score (nSPS) is 9.91. The van der Waals surface area contributed by atoms with Crippen LogP contribution in [0, 0.1) is 29.6 Å². The van der Waals surface area contributed by atoms with Crippen molar-refractivity contribution < 1.29 is 0 Å². The average Bonchev–Trinajstić information content (AvgIpc) is 2.57. The minimum absolute atomic E-state index is 1.02. The van der Waals surface area contributed by atoms with Crippen LogP contribution in [0.1, 0.15) is 98.3 Å². The van der Waals surface area contributed by atoms with Crippen LogP contribution in [0.2, 0.25) is 4.44 Å².